The van der Waals surface area contributed by atoms with Crippen molar-refractivity contribution in [1.29, 1.82) is 0 Å². The average Bonchev–Trinajstić information content (AvgIpc) is 3.02. The number of para-hydroxylation sites is 1. The number of thioether (sulfide) groups is 1. The fourth-order valence-electron chi connectivity index (χ4n) is 2.81. The maximum Gasteiger partial charge on any atom is 0.338 e. The first-order valence-electron chi connectivity index (χ1n) is 9.36. The van der Waals surface area contributed by atoms with Crippen LogP contribution in [0.4, 0.5) is 16.2 Å². The van der Waals surface area contributed by atoms with E-state index in [4.69, 9.17) is 17.0 Å². The molecule has 10 heteroatoms. The van der Waals surface area contributed by atoms with Crippen LogP contribution in [-0.4, -0.2) is 40.0 Å². The van der Waals surface area contributed by atoms with Gasteiger partial charge in [-0.25, -0.2) is 9.69 Å². The normalized spacial score (nSPS) is 15.5. The number of hydrogen-bond acceptors (Lipinski definition) is 7. The van der Waals surface area contributed by atoms with Crippen molar-refractivity contribution in [3.05, 3.63) is 60.2 Å². The van der Waals surface area contributed by atoms with Crippen LogP contribution >= 0.6 is 24.0 Å². The average molecular weight is 458 g/mol. The first-order valence-corrected chi connectivity index (χ1v) is 10.7. The molecule has 2 aromatic carbocycles. The Morgan fingerprint density at radius 2 is 1.77 bits per heavy atom. The topological polar surface area (TPSA) is 105 Å². The molecule has 0 aliphatic carbocycles. The molecule has 3 amide bonds. The third-order valence-corrected chi connectivity index (χ3v) is 5.45. The fourth-order valence-corrected chi connectivity index (χ4v) is 4.03. The zero-order chi connectivity index (χ0) is 22.4. The van der Waals surface area contributed by atoms with Gasteiger partial charge in [0.2, 0.25) is 11.8 Å². The zero-order valence-electron chi connectivity index (χ0n) is 16.5. The summed E-state index contributed by atoms with van der Waals surface area (Å²) in [5.41, 5.74) is 1.43. The molecule has 0 unspecified atom stereocenters. The Labute approximate surface area is 188 Å². The van der Waals surface area contributed by atoms with Crippen LogP contribution in [0.15, 0.2) is 54.6 Å². The number of carbonyl (C=O) groups is 4. The summed E-state index contributed by atoms with van der Waals surface area (Å²) in [6.07, 6.45) is -0.192. The second kappa shape index (κ2) is 10.2. The minimum Gasteiger partial charge on any atom is -0.462 e. The van der Waals surface area contributed by atoms with Crippen LogP contribution < -0.4 is 15.5 Å². The second-order valence-electron chi connectivity index (χ2n) is 6.39. The number of hydrogen-bond donors (Lipinski definition) is 2. The number of ether oxygens (including phenoxy) is 1. The predicted octanol–water partition coefficient (Wildman–Crippen LogP) is 3.34. The van der Waals surface area contributed by atoms with Crippen LogP contribution in [0.2, 0.25) is 0 Å². The lowest BCUT2D eigenvalue weighted by atomic mass is 10.2. The number of thiocarbonyl (C=S) groups is 1. The van der Waals surface area contributed by atoms with Gasteiger partial charge in [-0.1, -0.05) is 18.2 Å². The molecular weight excluding hydrogens is 438 g/mol. The van der Waals surface area contributed by atoms with Crippen LogP contribution in [-0.2, 0) is 14.3 Å². The number of rotatable bonds is 6. The van der Waals surface area contributed by atoms with E-state index in [1.807, 2.05) is 0 Å². The lowest BCUT2D eigenvalue weighted by Gasteiger charge is -2.14. The highest BCUT2D eigenvalue weighted by Gasteiger charge is 2.41. The Morgan fingerprint density at radius 3 is 2.42 bits per heavy atom. The summed E-state index contributed by atoms with van der Waals surface area (Å²) in [4.78, 5) is 49.9. The van der Waals surface area contributed by atoms with E-state index < -0.39 is 28.3 Å². The monoisotopic (exact) mass is 457 g/mol. The van der Waals surface area contributed by atoms with E-state index >= 15 is 0 Å². The maximum atomic E-state index is 12.6. The quantitative estimate of drug-likeness (QED) is 0.503. The first-order chi connectivity index (χ1) is 14.9. The Kier molecular flexibility index (Phi) is 7.37. The summed E-state index contributed by atoms with van der Waals surface area (Å²) >= 11 is 5.94. The van der Waals surface area contributed by atoms with Gasteiger partial charge < -0.3 is 15.4 Å². The summed E-state index contributed by atoms with van der Waals surface area (Å²) in [7, 11) is 0. The van der Waals surface area contributed by atoms with Crippen molar-refractivity contribution in [2.24, 2.45) is 0 Å². The van der Waals surface area contributed by atoms with Crippen molar-refractivity contribution in [1.82, 2.24) is 5.32 Å². The van der Waals surface area contributed by atoms with Gasteiger partial charge in [-0.05, 0) is 67.3 Å². The van der Waals surface area contributed by atoms with E-state index in [0.29, 0.717) is 16.9 Å². The molecular formula is C21H19N3O5S2. The summed E-state index contributed by atoms with van der Waals surface area (Å²) in [6.45, 7) is 2.01. The molecule has 2 aromatic rings. The predicted molar refractivity (Wildman–Crippen MR) is 122 cm³/mol. The standard InChI is InChI=1S/C21H19N3O5S2/c1-2-29-19(27)13-8-10-14(11-9-13)22-20(30)23-17(25)12-16-18(26)24(21(28)31-16)15-6-4-3-5-7-15/h3-11,16H,2,12H2,1H3,(H2,22,23,25,30)/t16-/m1/s1. The molecule has 1 saturated heterocycles. The highest BCUT2D eigenvalue weighted by Crippen LogP contribution is 2.33. The molecule has 1 aliphatic rings. The van der Waals surface area contributed by atoms with Gasteiger partial charge in [0.15, 0.2) is 5.11 Å². The van der Waals surface area contributed by atoms with Gasteiger partial charge in [0, 0.05) is 12.1 Å². The molecule has 0 spiro atoms. The van der Waals surface area contributed by atoms with Gasteiger partial charge in [0.05, 0.1) is 17.9 Å². The highest BCUT2D eigenvalue weighted by molar-refractivity contribution is 8.15. The largest absolute Gasteiger partial charge is 0.462 e. The fraction of sp³-hybridized carbons (Fsp3) is 0.190. The minimum atomic E-state index is -0.820. The van der Waals surface area contributed by atoms with E-state index in [9.17, 15) is 19.2 Å². The van der Waals surface area contributed by atoms with Gasteiger partial charge in [-0.2, -0.15) is 0 Å². The Hall–Kier alpha value is -3.24. The van der Waals surface area contributed by atoms with Crippen LogP contribution in [0.5, 0.6) is 0 Å². The van der Waals surface area contributed by atoms with E-state index in [2.05, 4.69) is 10.6 Å². The summed E-state index contributed by atoms with van der Waals surface area (Å²) in [5.74, 6) is -1.36. The van der Waals surface area contributed by atoms with Gasteiger partial charge in [-0.15, -0.1) is 0 Å². The summed E-state index contributed by atoms with van der Waals surface area (Å²) in [6, 6.07) is 14.9. The molecule has 1 aliphatic heterocycles. The number of amides is 3. The van der Waals surface area contributed by atoms with E-state index in [1.165, 1.54) is 0 Å². The zero-order valence-corrected chi connectivity index (χ0v) is 18.1. The van der Waals surface area contributed by atoms with Crippen molar-refractivity contribution in [2.45, 2.75) is 18.6 Å². The van der Waals surface area contributed by atoms with E-state index in [0.717, 1.165) is 16.7 Å². The molecule has 0 bridgehead atoms. The van der Waals surface area contributed by atoms with E-state index in [-0.39, 0.29) is 18.1 Å². The molecule has 1 heterocycles. The number of esters is 1. The van der Waals surface area contributed by atoms with Crippen molar-refractivity contribution in [3.63, 3.8) is 0 Å². The highest BCUT2D eigenvalue weighted by atomic mass is 32.2. The number of carbonyl (C=O) groups excluding carboxylic acids is 4. The van der Waals surface area contributed by atoms with Gasteiger partial charge >= 0.3 is 5.97 Å². The third kappa shape index (κ3) is 5.68. The molecule has 31 heavy (non-hydrogen) atoms. The van der Waals surface area contributed by atoms with Crippen molar-refractivity contribution in [3.8, 4) is 0 Å². The number of nitrogens with one attached hydrogen (secondary N) is 2. The van der Waals surface area contributed by atoms with E-state index in [1.54, 1.807) is 61.5 Å². The van der Waals surface area contributed by atoms with Crippen molar-refractivity contribution in [2.75, 3.05) is 16.8 Å². The molecule has 8 nitrogen and oxygen atoms in total. The Morgan fingerprint density at radius 1 is 1.10 bits per heavy atom. The molecule has 160 valence electrons. The second-order valence-corrected chi connectivity index (χ2v) is 7.95. The lowest BCUT2D eigenvalue weighted by molar-refractivity contribution is -0.123. The van der Waals surface area contributed by atoms with Crippen molar-refractivity contribution >= 4 is 63.5 Å². The number of imide groups is 1. The van der Waals surface area contributed by atoms with Crippen LogP contribution in [0.3, 0.4) is 0 Å². The number of nitrogens with zero attached hydrogens (tertiary/aromatic N) is 1. The van der Waals surface area contributed by atoms with Crippen molar-refractivity contribution < 1.29 is 23.9 Å². The van der Waals surface area contributed by atoms with Gasteiger partial charge in [0.25, 0.3) is 5.24 Å². The third-order valence-electron chi connectivity index (χ3n) is 4.21. The summed E-state index contributed by atoms with van der Waals surface area (Å²) in [5, 5.41) is 4.12. The molecule has 1 fully saturated rings. The first kappa shape index (κ1) is 22.4. The molecule has 0 aromatic heterocycles. The van der Waals surface area contributed by atoms with Crippen LogP contribution in [0.25, 0.3) is 0 Å². The SMILES string of the molecule is CCOC(=O)c1ccc(NC(=S)NC(=O)C[C@H]2SC(=O)N(c3ccccc3)C2=O)cc1. The molecule has 1 atom stereocenters. The Bertz CT molecular complexity index is 1010. The molecule has 0 radical (unpaired) electrons. The van der Waals surface area contributed by atoms with Gasteiger partial charge in [0.1, 0.15) is 5.25 Å². The summed E-state index contributed by atoms with van der Waals surface area (Å²) < 4.78 is 4.92. The lowest BCUT2D eigenvalue weighted by Crippen LogP contribution is -2.38. The molecule has 0 saturated carbocycles. The maximum absolute atomic E-state index is 12.6. The smallest absolute Gasteiger partial charge is 0.338 e. The molecule has 3 rings (SSSR count). The molecule has 2 N–H and O–H groups in total. The van der Waals surface area contributed by atoms with Crippen LogP contribution in [0.1, 0.15) is 23.7 Å². The minimum absolute atomic E-state index is 0.0376. The van der Waals surface area contributed by atoms with Crippen LogP contribution in [0, 0.1) is 0 Å². The number of benzene rings is 2. The number of anilines is 2. The Balaban J connectivity index is 1.52. The van der Waals surface area contributed by atoms with Gasteiger partial charge in [-0.3, -0.25) is 14.4 Å².